The predicted molar refractivity (Wildman–Crippen MR) is 80.3 cm³/mol. The van der Waals surface area contributed by atoms with E-state index >= 15 is 0 Å². The van der Waals surface area contributed by atoms with Crippen molar-refractivity contribution in [3.05, 3.63) is 30.1 Å². The summed E-state index contributed by atoms with van der Waals surface area (Å²) in [5.74, 6) is 0.752. The van der Waals surface area contributed by atoms with Gasteiger partial charge in [-0.25, -0.2) is 4.39 Å². The Hall–Kier alpha value is -0.780. The molecule has 3 nitrogen and oxygen atoms in total. The first-order valence-corrected chi connectivity index (χ1v) is 7.06. The number of thioether (sulfide) groups is 1. The number of hydrogen-bond donors (Lipinski definition) is 2. The van der Waals surface area contributed by atoms with Crippen LogP contribution in [0.5, 0.6) is 0 Å². The molecule has 1 rings (SSSR count). The van der Waals surface area contributed by atoms with Gasteiger partial charge >= 0.3 is 0 Å². The number of halogens is 2. The molecular weight excluding hydrogens is 287 g/mol. The van der Waals surface area contributed by atoms with Gasteiger partial charge in [0.05, 0.1) is 0 Å². The number of benzene rings is 1. The summed E-state index contributed by atoms with van der Waals surface area (Å²) < 4.78 is 12.7. The molecule has 1 aromatic rings. The minimum atomic E-state index is -0.216. The summed E-state index contributed by atoms with van der Waals surface area (Å²) in [6, 6.07) is 6.44. The van der Waals surface area contributed by atoms with E-state index in [1.165, 1.54) is 12.1 Å². The van der Waals surface area contributed by atoms with Gasteiger partial charge in [0.25, 0.3) is 0 Å². The topological polar surface area (TPSA) is 55.1 Å². The van der Waals surface area contributed by atoms with Crippen molar-refractivity contribution in [1.29, 1.82) is 0 Å². The SMILES string of the molecule is Cl.NCCCC(=O)NCCCSc1ccc(F)cc1. The van der Waals surface area contributed by atoms with E-state index in [0.717, 1.165) is 23.5 Å². The van der Waals surface area contributed by atoms with Crippen LogP contribution in [-0.4, -0.2) is 24.7 Å². The van der Waals surface area contributed by atoms with E-state index in [1.807, 2.05) is 0 Å². The second kappa shape index (κ2) is 11.1. The molecule has 6 heteroatoms. The molecule has 108 valence electrons. The van der Waals surface area contributed by atoms with Crippen LogP contribution >= 0.6 is 24.2 Å². The Bertz CT molecular complexity index is 362. The van der Waals surface area contributed by atoms with Crippen LogP contribution in [0.2, 0.25) is 0 Å². The maximum atomic E-state index is 12.7. The molecule has 0 aromatic heterocycles. The Kier molecular flexibility index (Phi) is 10.6. The minimum Gasteiger partial charge on any atom is -0.356 e. The van der Waals surface area contributed by atoms with Gasteiger partial charge in [-0.3, -0.25) is 4.79 Å². The highest BCUT2D eigenvalue weighted by atomic mass is 35.5. The summed E-state index contributed by atoms with van der Waals surface area (Å²) in [4.78, 5) is 12.3. The Balaban J connectivity index is 0.00000324. The van der Waals surface area contributed by atoms with Gasteiger partial charge in [-0.2, -0.15) is 0 Å². The van der Waals surface area contributed by atoms with E-state index in [4.69, 9.17) is 5.73 Å². The van der Waals surface area contributed by atoms with E-state index in [-0.39, 0.29) is 24.1 Å². The van der Waals surface area contributed by atoms with Crippen LogP contribution in [-0.2, 0) is 4.79 Å². The quantitative estimate of drug-likeness (QED) is 0.573. The normalized spacial score (nSPS) is 9.79. The molecular formula is C13H20ClFN2OS. The molecule has 0 heterocycles. The molecule has 1 amide bonds. The van der Waals surface area contributed by atoms with Crippen LogP contribution in [0, 0.1) is 5.82 Å². The fraction of sp³-hybridized carbons (Fsp3) is 0.462. The maximum Gasteiger partial charge on any atom is 0.220 e. The van der Waals surface area contributed by atoms with Gasteiger partial charge in [0.1, 0.15) is 5.82 Å². The Morgan fingerprint density at radius 1 is 1.26 bits per heavy atom. The lowest BCUT2D eigenvalue weighted by atomic mass is 10.3. The van der Waals surface area contributed by atoms with Gasteiger partial charge in [-0.05, 0) is 49.4 Å². The van der Waals surface area contributed by atoms with Crippen LogP contribution in [0.1, 0.15) is 19.3 Å². The molecule has 0 spiro atoms. The molecule has 3 N–H and O–H groups in total. The van der Waals surface area contributed by atoms with Crippen LogP contribution in [0.3, 0.4) is 0 Å². The van der Waals surface area contributed by atoms with Crippen molar-refractivity contribution in [2.75, 3.05) is 18.8 Å². The van der Waals surface area contributed by atoms with Gasteiger partial charge in [-0.1, -0.05) is 0 Å². The standard InChI is InChI=1S/C13H19FN2OS.ClH/c14-11-4-6-12(7-5-11)18-10-2-9-16-13(17)3-1-8-15;/h4-7H,1-3,8-10,15H2,(H,16,17);1H. The molecule has 0 radical (unpaired) electrons. The third-order valence-electron chi connectivity index (χ3n) is 2.33. The predicted octanol–water partition coefficient (Wildman–Crippen LogP) is 2.58. The zero-order valence-corrected chi connectivity index (χ0v) is 12.4. The van der Waals surface area contributed by atoms with Gasteiger partial charge in [0, 0.05) is 17.9 Å². The summed E-state index contributed by atoms with van der Waals surface area (Å²) in [6.45, 7) is 1.23. The summed E-state index contributed by atoms with van der Waals surface area (Å²) in [5, 5.41) is 2.85. The van der Waals surface area contributed by atoms with E-state index in [9.17, 15) is 9.18 Å². The molecule has 0 atom stereocenters. The first-order chi connectivity index (χ1) is 8.72. The molecule has 1 aromatic carbocycles. The van der Waals surface area contributed by atoms with E-state index < -0.39 is 0 Å². The van der Waals surface area contributed by atoms with E-state index in [2.05, 4.69) is 5.32 Å². The summed E-state index contributed by atoms with van der Waals surface area (Å²) >= 11 is 1.66. The summed E-state index contributed by atoms with van der Waals surface area (Å²) in [7, 11) is 0. The maximum absolute atomic E-state index is 12.7. The summed E-state index contributed by atoms with van der Waals surface area (Å²) in [5.41, 5.74) is 5.32. The van der Waals surface area contributed by atoms with Crippen molar-refractivity contribution >= 4 is 30.1 Å². The number of hydrogen-bond acceptors (Lipinski definition) is 3. The Labute approximate surface area is 123 Å². The lowest BCUT2D eigenvalue weighted by Gasteiger charge is -2.04. The Morgan fingerprint density at radius 3 is 2.58 bits per heavy atom. The van der Waals surface area contributed by atoms with Crippen molar-refractivity contribution in [2.24, 2.45) is 5.73 Å². The molecule has 0 aliphatic heterocycles. The zero-order valence-electron chi connectivity index (χ0n) is 10.7. The highest BCUT2D eigenvalue weighted by Gasteiger charge is 1.99. The average Bonchev–Trinajstić information content (AvgIpc) is 2.38. The lowest BCUT2D eigenvalue weighted by molar-refractivity contribution is -0.121. The van der Waals surface area contributed by atoms with Gasteiger partial charge < -0.3 is 11.1 Å². The molecule has 0 saturated heterocycles. The van der Waals surface area contributed by atoms with Gasteiger partial charge in [-0.15, -0.1) is 24.2 Å². The smallest absolute Gasteiger partial charge is 0.220 e. The number of rotatable bonds is 8. The van der Waals surface area contributed by atoms with Crippen molar-refractivity contribution in [2.45, 2.75) is 24.2 Å². The second-order valence-corrected chi connectivity index (χ2v) is 5.07. The average molecular weight is 307 g/mol. The van der Waals surface area contributed by atoms with Crippen molar-refractivity contribution in [1.82, 2.24) is 5.32 Å². The molecule has 0 bridgehead atoms. The number of amides is 1. The monoisotopic (exact) mass is 306 g/mol. The van der Waals surface area contributed by atoms with Crippen LogP contribution in [0.15, 0.2) is 29.2 Å². The van der Waals surface area contributed by atoms with Crippen LogP contribution in [0.4, 0.5) is 4.39 Å². The number of nitrogens with one attached hydrogen (secondary N) is 1. The van der Waals surface area contributed by atoms with E-state index in [1.54, 1.807) is 23.9 Å². The lowest BCUT2D eigenvalue weighted by Crippen LogP contribution is -2.25. The molecule has 0 fully saturated rings. The molecule has 0 unspecified atom stereocenters. The molecule has 0 aliphatic carbocycles. The zero-order chi connectivity index (χ0) is 13.2. The fourth-order valence-electron chi connectivity index (χ4n) is 1.37. The third-order valence-corrected chi connectivity index (χ3v) is 3.43. The van der Waals surface area contributed by atoms with Crippen molar-refractivity contribution in [3.63, 3.8) is 0 Å². The second-order valence-electron chi connectivity index (χ2n) is 3.90. The number of carbonyl (C=O) groups excluding carboxylic acids is 1. The van der Waals surface area contributed by atoms with Crippen molar-refractivity contribution < 1.29 is 9.18 Å². The molecule has 0 saturated carbocycles. The third kappa shape index (κ3) is 8.86. The fourth-order valence-corrected chi connectivity index (χ4v) is 2.22. The summed E-state index contributed by atoms with van der Waals surface area (Å²) in [6.07, 6.45) is 2.13. The molecule has 0 aliphatic rings. The minimum absolute atomic E-state index is 0. The van der Waals surface area contributed by atoms with Crippen LogP contribution in [0.25, 0.3) is 0 Å². The Morgan fingerprint density at radius 2 is 1.95 bits per heavy atom. The number of nitrogens with two attached hydrogens (primary N) is 1. The highest BCUT2D eigenvalue weighted by molar-refractivity contribution is 7.99. The highest BCUT2D eigenvalue weighted by Crippen LogP contribution is 2.18. The number of carbonyl (C=O) groups is 1. The largest absolute Gasteiger partial charge is 0.356 e. The van der Waals surface area contributed by atoms with Gasteiger partial charge in [0.15, 0.2) is 0 Å². The first-order valence-electron chi connectivity index (χ1n) is 6.07. The molecule has 19 heavy (non-hydrogen) atoms. The van der Waals surface area contributed by atoms with E-state index in [0.29, 0.717) is 19.5 Å². The van der Waals surface area contributed by atoms with Crippen molar-refractivity contribution in [3.8, 4) is 0 Å². The van der Waals surface area contributed by atoms with Gasteiger partial charge in [0.2, 0.25) is 5.91 Å². The van der Waals surface area contributed by atoms with Crippen LogP contribution < -0.4 is 11.1 Å². The first kappa shape index (κ1) is 18.2.